The molecule has 11 nitrogen and oxygen atoms in total. The van der Waals surface area contributed by atoms with Crippen LogP contribution in [0.4, 0.5) is 9.59 Å². The minimum absolute atomic E-state index is 0.125. The summed E-state index contributed by atoms with van der Waals surface area (Å²) in [5.41, 5.74) is 0.205. The molecule has 1 aromatic rings. The Morgan fingerprint density at radius 2 is 1.62 bits per heavy atom. The third-order valence-electron chi connectivity index (χ3n) is 8.34. The molecule has 0 spiro atoms. The van der Waals surface area contributed by atoms with Crippen molar-refractivity contribution in [1.29, 1.82) is 0 Å². The average Bonchev–Trinajstić information content (AvgIpc) is 3.01. The number of hydrogen-bond acceptors (Lipinski definition) is 8. The number of carbonyl (C=O) groups is 4. The van der Waals surface area contributed by atoms with Crippen LogP contribution in [0.3, 0.4) is 0 Å². The Kier molecular flexibility index (Phi) is 17.6. The predicted octanol–water partition coefficient (Wildman–Crippen LogP) is 6.02. The van der Waals surface area contributed by atoms with Crippen LogP contribution in [-0.2, 0) is 30.4 Å². The molecule has 0 aromatic heterocycles. The summed E-state index contributed by atoms with van der Waals surface area (Å²) < 4.78 is 15.7. The van der Waals surface area contributed by atoms with Crippen molar-refractivity contribution in [2.24, 2.45) is 17.8 Å². The molecule has 0 saturated heterocycles. The van der Waals surface area contributed by atoms with Gasteiger partial charge in [0.15, 0.2) is 0 Å². The van der Waals surface area contributed by atoms with E-state index in [9.17, 15) is 24.3 Å². The lowest BCUT2D eigenvalue weighted by molar-refractivity contribution is -0.146. The highest BCUT2D eigenvalue weighted by molar-refractivity contribution is 5.85. The third-order valence-corrected chi connectivity index (χ3v) is 8.34. The molecule has 4 atom stereocenters. The summed E-state index contributed by atoms with van der Waals surface area (Å²) >= 11 is 0. The molecule has 0 aliphatic heterocycles. The summed E-state index contributed by atoms with van der Waals surface area (Å²) in [7, 11) is 1.28. The summed E-state index contributed by atoms with van der Waals surface area (Å²) in [6.45, 7) is 9.90. The number of hydrogen-bond donors (Lipinski definition) is 4. The Hall–Kier alpha value is -3.34. The molecule has 0 bridgehead atoms. The monoisotopic (exact) mass is 661 g/mol. The summed E-state index contributed by atoms with van der Waals surface area (Å²) in [4.78, 5) is 51.0. The number of methoxy groups -OCH3 is 1. The van der Waals surface area contributed by atoms with Gasteiger partial charge in [-0.2, -0.15) is 0 Å². The standard InChI is InChI=1S/C36H59N3O8/c1-25(2)21-28(23-31(40)30(22-26-15-9-7-10-16-26)39-35(44)47-36(3,4)5)32(41)38-29(33(42)45-6)19-13-14-20-37-34(43)46-24-27-17-11-8-12-18-27/h8,11-12,17-18,25-26,28-31,40H,7,9-10,13-16,19-24H2,1-6H3,(H,37,43)(H,38,41)(H,39,44)/t28-,29+,30+,31+/m1/s1. The number of unbranched alkanes of at least 4 members (excludes halogenated alkanes) is 1. The van der Waals surface area contributed by atoms with Crippen molar-refractivity contribution in [2.75, 3.05) is 13.7 Å². The number of rotatable bonds is 18. The molecule has 11 heteroatoms. The van der Waals surface area contributed by atoms with Crippen molar-refractivity contribution >= 4 is 24.1 Å². The number of amides is 3. The Balaban J connectivity index is 1.97. The van der Waals surface area contributed by atoms with E-state index in [0.717, 1.165) is 31.2 Å². The largest absolute Gasteiger partial charge is 0.467 e. The van der Waals surface area contributed by atoms with Gasteiger partial charge in [0.25, 0.3) is 0 Å². The molecule has 47 heavy (non-hydrogen) atoms. The van der Waals surface area contributed by atoms with E-state index in [4.69, 9.17) is 14.2 Å². The normalized spacial score (nSPS) is 16.3. The fourth-order valence-corrected chi connectivity index (χ4v) is 6.01. The SMILES string of the molecule is COC(=O)[C@H](CCCCNC(=O)OCc1ccccc1)NC(=O)[C@H](CC(C)C)C[C@H](O)[C@H](CC1CCCCC1)NC(=O)OC(C)(C)C. The molecular formula is C36H59N3O8. The van der Waals surface area contributed by atoms with Crippen molar-refractivity contribution in [3.63, 3.8) is 0 Å². The van der Waals surface area contributed by atoms with Gasteiger partial charge in [0, 0.05) is 12.5 Å². The van der Waals surface area contributed by atoms with E-state index in [-0.39, 0.29) is 24.9 Å². The number of esters is 1. The second kappa shape index (κ2) is 20.8. The van der Waals surface area contributed by atoms with Crippen LogP contribution in [0.25, 0.3) is 0 Å². The van der Waals surface area contributed by atoms with Crippen LogP contribution in [0.1, 0.15) is 111 Å². The second-order valence-corrected chi connectivity index (χ2v) is 14.2. The lowest BCUT2D eigenvalue weighted by Gasteiger charge is -2.32. The number of alkyl carbamates (subject to hydrolysis) is 2. The minimum atomic E-state index is -0.983. The van der Waals surface area contributed by atoms with Gasteiger partial charge in [0.2, 0.25) is 5.91 Å². The summed E-state index contributed by atoms with van der Waals surface area (Å²) in [5.74, 6) is -0.964. The molecule has 0 radical (unpaired) electrons. The van der Waals surface area contributed by atoms with E-state index in [1.807, 2.05) is 44.2 Å². The Bertz CT molecular complexity index is 1090. The van der Waals surface area contributed by atoms with Gasteiger partial charge in [-0.05, 0) is 76.7 Å². The van der Waals surface area contributed by atoms with Crippen LogP contribution in [0.2, 0.25) is 0 Å². The molecule has 0 heterocycles. The van der Waals surface area contributed by atoms with Crippen LogP contribution in [0.15, 0.2) is 30.3 Å². The van der Waals surface area contributed by atoms with Gasteiger partial charge in [-0.15, -0.1) is 0 Å². The highest BCUT2D eigenvalue weighted by atomic mass is 16.6. The van der Waals surface area contributed by atoms with Crippen LogP contribution in [0.5, 0.6) is 0 Å². The number of aliphatic hydroxyl groups is 1. The Labute approximate surface area is 281 Å². The van der Waals surface area contributed by atoms with Gasteiger partial charge < -0.3 is 35.3 Å². The molecule has 1 aromatic carbocycles. The van der Waals surface area contributed by atoms with Crippen molar-refractivity contribution in [3.8, 4) is 0 Å². The molecule has 3 amide bonds. The number of aliphatic hydroxyl groups excluding tert-OH is 1. The van der Waals surface area contributed by atoms with E-state index >= 15 is 0 Å². The average molecular weight is 662 g/mol. The summed E-state index contributed by atoms with van der Waals surface area (Å²) in [5, 5.41) is 19.9. The van der Waals surface area contributed by atoms with Crippen LogP contribution >= 0.6 is 0 Å². The third kappa shape index (κ3) is 16.9. The molecule has 1 saturated carbocycles. The highest BCUT2D eigenvalue weighted by Crippen LogP contribution is 2.30. The van der Waals surface area contributed by atoms with Crippen molar-refractivity contribution in [2.45, 2.75) is 136 Å². The number of carbonyl (C=O) groups excluding carboxylic acids is 4. The maximum atomic E-state index is 13.6. The molecule has 266 valence electrons. The first kappa shape index (κ1) is 39.8. The molecule has 1 fully saturated rings. The topological polar surface area (TPSA) is 152 Å². The second-order valence-electron chi connectivity index (χ2n) is 14.2. The summed E-state index contributed by atoms with van der Waals surface area (Å²) in [6.07, 6.45) is 6.09. The molecule has 2 rings (SSSR count). The van der Waals surface area contributed by atoms with Gasteiger partial charge in [-0.25, -0.2) is 14.4 Å². The van der Waals surface area contributed by atoms with E-state index < -0.39 is 47.9 Å². The maximum absolute atomic E-state index is 13.6. The van der Waals surface area contributed by atoms with E-state index in [0.29, 0.717) is 44.6 Å². The van der Waals surface area contributed by atoms with E-state index in [1.165, 1.54) is 13.5 Å². The Morgan fingerprint density at radius 1 is 0.936 bits per heavy atom. The van der Waals surface area contributed by atoms with Crippen molar-refractivity contribution < 1.29 is 38.5 Å². The van der Waals surface area contributed by atoms with E-state index in [1.54, 1.807) is 20.8 Å². The molecular weight excluding hydrogens is 602 g/mol. The first-order chi connectivity index (χ1) is 22.3. The zero-order valence-electron chi connectivity index (χ0n) is 29.3. The van der Waals surface area contributed by atoms with Crippen LogP contribution < -0.4 is 16.0 Å². The zero-order chi connectivity index (χ0) is 34.8. The molecule has 1 aliphatic carbocycles. The van der Waals surface area contributed by atoms with Gasteiger partial charge in [-0.3, -0.25) is 4.79 Å². The molecule has 0 unspecified atom stereocenters. The fourth-order valence-electron chi connectivity index (χ4n) is 6.01. The number of ether oxygens (including phenoxy) is 3. The van der Waals surface area contributed by atoms with Crippen LogP contribution in [0, 0.1) is 17.8 Å². The lowest BCUT2D eigenvalue weighted by atomic mass is 9.81. The lowest BCUT2D eigenvalue weighted by Crippen LogP contribution is -2.49. The fraction of sp³-hybridized carbons (Fsp3) is 0.722. The van der Waals surface area contributed by atoms with Crippen molar-refractivity contribution in [3.05, 3.63) is 35.9 Å². The van der Waals surface area contributed by atoms with Crippen molar-refractivity contribution in [1.82, 2.24) is 16.0 Å². The van der Waals surface area contributed by atoms with Gasteiger partial charge in [-0.1, -0.05) is 76.3 Å². The Morgan fingerprint density at radius 3 is 2.23 bits per heavy atom. The zero-order valence-corrected chi connectivity index (χ0v) is 29.3. The first-order valence-electron chi connectivity index (χ1n) is 17.3. The molecule has 4 N–H and O–H groups in total. The smallest absolute Gasteiger partial charge is 0.407 e. The highest BCUT2D eigenvalue weighted by Gasteiger charge is 2.33. The van der Waals surface area contributed by atoms with Gasteiger partial charge >= 0.3 is 18.2 Å². The molecule has 1 aliphatic rings. The summed E-state index contributed by atoms with van der Waals surface area (Å²) in [6, 6.07) is 7.94. The van der Waals surface area contributed by atoms with Crippen LogP contribution in [-0.4, -0.2) is 66.6 Å². The number of benzene rings is 1. The number of nitrogens with one attached hydrogen (secondary N) is 3. The quantitative estimate of drug-likeness (QED) is 0.0847. The first-order valence-corrected chi connectivity index (χ1v) is 17.3. The van der Waals surface area contributed by atoms with Gasteiger partial charge in [0.1, 0.15) is 18.2 Å². The van der Waals surface area contributed by atoms with E-state index in [2.05, 4.69) is 16.0 Å². The maximum Gasteiger partial charge on any atom is 0.407 e. The predicted molar refractivity (Wildman–Crippen MR) is 180 cm³/mol. The van der Waals surface area contributed by atoms with Gasteiger partial charge in [0.05, 0.1) is 19.3 Å². The minimum Gasteiger partial charge on any atom is -0.467 e.